The summed E-state index contributed by atoms with van der Waals surface area (Å²) in [5.41, 5.74) is 6.09. The van der Waals surface area contributed by atoms with E-state index in [1.807, 2.05) is 18.2 Å². The van der Waals surface area contributed by atoms with E-state index in [1.165, 1.54) is 12.8 Å². The molecule has 0 bridgehead atoms. The van der Waals surface area contributed by atoms with Gasteiger partial charge in [-0.25, -0.2) is 0 Å². The zero-order valence-electron chi connectivity index (χ0n) is 13.6. The molecule has 2 fully saturated rings. The molecule has 6 heteroatoms. The first-order chi connectivity index (χ1) is 10.6. The van der Waals surface area contributed by atoms with Crippen molar-refractivity contribution in [3.8, 4) is 0 Å². The van der Waals surface area contributed by atoms with Crippen LogP contribution >= 0.6 is 0 Å². The summed E-state index contributed by atoms with van der Waals surface area (Å²) in [6.07, 6.45) is 7.21. The van der Waals surface area contributed by atoms with Crippen LogP contribution in [-0.4, -0.2) is 44.7 Å². The van der Waals surface area contributed by atoms with Crippen LogP contribution in [0.1, 0.15) is 63.7 Å². The van der Waals surface area contributed by atoms with Crippen molar-refractivity contribution in [2.45, 2.75) is 64.0 Å². The molecule has 1 saturated carbocycles. The van der Waals surface area contributed by atoms with Crippen molar-refractivity contribution >= 4 is 5.91 Å². The van der Waals surface area contributed by atoms with Gasteiger partial charge in [0.15, 0.2) is 0 Å². The minimum absolute atomic E-state index is 0.108. The molecule has 2 unspecified atom stereocenters. The average Bonchev–Trinajstić information content (AvgIpc) is 3.29. The molecule has 1 saturated heterocycles. The maximum atomic E-state index is 12.4. The molecule has 2 heterocycles. The maximum Gasteiger partial charge on any atom is 0.239 e. The second-order valence-corrected chi connectivity index (χ2v) is 6.84. The Morgan fingerprint density at radius 2 is 2.05 bits per heavy atom. The minimum Gasteiger partial charge on any atom is -0.341 e. The van der Waals surface area contributed by atoms with E-state index in [0.29, 0.717) is 12.0 Å². The normalized spacial score (nSPS) is 22.6. The highest BCUT2D eigenvalue weighted by molar-refractivity contribution is 5.82. The summed E-state index contributed by atoms with van der Waals surface area (Å²) in [7, 11) is 0. The summed E-state index contributed by atoms with van der Waals surface area (Å²) < 4.78 is 2.24. The van der Waals surface area contributed by atoms with Crippen LogP contribution in [0.3, 0.4) is 0 Å². The lowest BCUT2D eigenvalue weighted by Crippen LogP contribution is -2.49. The molecule has 3 rings (SSSR count). The molecular weight excluding hydrogens is 278 g/mol. The molecule has 1 aromatic heterocycles. The second-order valence-electron chi connectivity index (χ2n) is 6.84. The topological polar surface area (TPSA) is 77.0 Å². The van der Waals surface area contributed by atoms with Crippen LogP contribution in [0.5, 0.6) is 0 Å². The van der Waals surface area contributed by atoms with Crippen LogP contribution in [0.25, 0.3) is 0 Å². The molecule has 6 nitrogen and oxygen atoms in total. The Bertz CT molecular complexity index is 516. The van der Waals surface area contributed by atoms with E-state index < -0.39 is 0 Å². The highest BCUT2D eigenvalue weighted by atomic mass is 16.2. The van der Waals surface area contributed by atoms with E-state index in [1.54, 1.807) is 0 Å². The number of aromatic nitrogens is 3. The van der Waals surface area contributed by atoms with Crippen molar-refractivity contribution in [3.05, 3.63) is 12.2 Å². The lowest BCUT2D eigenvalue weighted by molar-refractivity contribution is -0.134. The Balaban J connectivity index is 1.58. The molecule has 1 aliphatic heterocycles. The number of carbonyl (C=O) groups excluding carboxylic acids is 1. The van der Waals surface area contributed by atoms with Gasteiger partial charge in [-0.05, 0) is 31.6 Å². The number of piperidine rings is 1. The number of carbonyl (C=O) groups is 1. The lowest BCUT2D eigenvalue weighted by atomic mass is 9.93. The Kier molecular flexibility index (Phi) is 4.47. The molecule has 22 heavy (non-hydrogen) atoms. The predicted octanol–water partition coefficient (Wildman–Crippen LogP) is 1.69. The highest BCUT2D eigenvalue weighted by Gasteiger charge is 2.33. The van der Waals surface area contributed by atoms with Crippen LogP contribution in [0.15, 0.2) is 6.33 Å². The van der Waals surface area contributed by atoms with Gasteiger partial charge in [-0.1, -0.05) is 20.3 Å². The molecule has 2 N–H and O–H groups in total. The van der Waals surface area contributed by atoms with Gasteiger partial charge in [0.2, 0.25) is 5.91 Å². The number of nitrogens with zero attached hydrogens (tertiary/aromatic N) is 4. The first-order valence-electron chi connectivity index (χ1n) is 8.55. The summed E-state index contributed by atoms with van der Waals surface area (Å²) >= 11 is 0. The minimum atomic E-state index is -0.364. The van der Waals surface area contributed by atoms with E-state index in [0.717, 1.165) is 38.2 Å². The first kappa shape index (κ1) is 15.5. The third-order valence-corrected chi connectivity index (χ3v) is 5.25. The zero-order valence-corrected chi connectivity index (χ0v) is 13.6. The van der Waals surface area contributed by atoms with E-state index in [9.17, 15) is 4.79 Å². The molecule has 122 valence electrons. The Labute approximate surface area is 132 Å². The van der Waals surface area contributed by atoms with Crippen molar-refractivity contribution in [3.63, 3.8) is 0 Å². The Morgan fingerprint density at radius 1 is 1.36 bits per heavy atom. The second kappa shape index (κ2) is 6.36. The SMILES string of the molecule is CCC(C)C(N)C(=O)N1CCC(c2nncn2C2CC2)CC1. The van der Waals surface area contributed by atoms with Gasteiger partial charge in [0.1, 0.15) is 12.2 Å². The van der Waals surface area contributed by atoms with Gasteiger partial charge in [-0.3, -0.25) is 4.79 Å². The van der Waals surface area contributed by atoms with Gasteiger partial charge in [-0.15, -0.1) is 10.2 Å². The van der Waals surface area contributed by atoms with E-state index >= 15 is 0 Å². The summed E-state index contributed by atoms with van der Waals surface area (Å²) in [5, 5.41) is 8.42. The molecule has 0 spiro atoms. The van der Waals surface area contributed by atoms with Crippen molar-refractivity contribution in [2.24, 2.45) is 11.7 Å². The number of amides is 1. The predicted molar refractivity (Wildman–Crippen MR) is 84.3 cm³/mol. The quantitative estimate of drug-likeness (QED) is 0.898. The van der Waals surface area contributed by atoms with Crippen LogP contribution in [0.2, 0.25) is 0 Å². The largest absolute Gasteiger partial charge is 0.341 e. The monoisotopic (exact) mass is 305 g/mol. The molecule has 0 radical (unpaired) electrons. The number of rotatable bonds is 5. The standard InChI is InChI=1S/C16H27N5O/c1-3-11(2)14(17)16(22)20-8-6-12(7-9-20)15-19-18-10-21(15)13-4-5-13/h10-14H,3-9,17H2,1-2H3. The van der Waals surface area contributed by atoms with Gasteiger partial charge in [-0.2, -0.15) is 0 Å². The molecule has 1 aromatic rings. The summed E-state index contributed by atoms with van der Waals surface area (Å²) in [6, 6.07) is 0.250. The summed E-state index contributed by atoms with van der Waals surface area (Å²) in [6.45, 7) is 5.69. The van der Waals surface area contributed by atoms with Gasteiger partial charge in [0, 0.05) is 25.0 Å². The smallest absolute Gasteiger partial charge is 0.239 e. The zero-order chi connectivity index (χ0) is 15.7. The van der Waals surface area contributed by atoms with Crippen molar-refractivity contribution in [1.82, 2.24) is 19.7 Å². The van der Waals surface area contributed by atoms with Crippen molar-refractivity contribution in [2.75, 3.05) is 13.1 Å². The fourth-order valence-corrected chi connectivity index (χ4v) is 3.24. The average molecular weight is 305 g/mol. The summed E-state index contributed by atoms with van der Waals surface area (Å²) in [4.78, 5) is 14.4. The van der Waals surface area contributed by atoms with Gasteiger partial charge < -0.3 is 15.2 Å². The van der Waals surface area contributed by atoms with Crippen LogP contribution in [-0.2, 0) is 4.79 Å². The molecule has 1 aliphatic carbocycles. The van der Waals surface area contributed by atoms with Crippen molar-refractivity contribution < 1.29 is 4.79 Å². The highest BCUT2D eigenvalue weighted by Crippen LogP contribution is 2.38. The number of nitrogens with two attached hydrogens (primary N) is 1. The van der Waals surface area contributed by atoms with Gasteiger partial charge in [0.25, 0.3) is 0 Å². The summed E-state index contributed by atoms with van der Waals surface area (Å²) in [5.74, 6) is 1.88. The third-order valence-electron chi connectivity index (χ3n) is 5.25. The number of hydrogen-bond acceptors (Lipinski definition) is 4. The third kappa shape index (κ3) is 3.02. The molecular formula is C16H27N5O. The first-order valence-corrected chi connectivity index (χ1v) is 8.55. The lowest BCUT2D eigenvalue weighted by Gasteiger charge is -2.34. The maximum absolute atomic E-state index is 12.4. The van der Waals surface area contributed by atoms with E-state index in [-0.39, 0.29) is 17.9 Å². The van der Waals surface area contributed by atoms with Crippen LogP contribution < -0.4 is 5.73 Å². The Hall–Kier alpha value is -1.43. The van der Waals surface area contributed by atoms with E-state index in [2.05, 4.69) is 21.7 Å². The van der Waals surface area contributed by atoms with Gasteiger partial charge >= 0.3 is 0 Å². The van der Waals surface area contributed by atoms with E-state index in [4.69, 9.17) is 5.73 Å². The molecule has 2 aliphatic rings. The molecule has 1 amide bonds. The molecule has 0 aromatic carbocycles. The van der Waals surface area contributed by atoms with Gasteiger partial charge in [0.05, 0.1) is 6.04 Å². The number of likely N-dealkylation sites (tertiary alicyclic amines) is 1. The van der Waals surface area contributed by atoms with Crippen LogP contribution in [0.4, 0.5) is 0 Å². The molecule has 2 atom stereocenters. The fraction of sp³-hybridized carbons (Fsp3) is 0.812. The fourth-order valence-electron chi connectivity index (χ4n) is 3.24. The van der Waals surface area contributed by atoms with Crippen molar-refractivity contribution in [1.29, 1.82) is 0 Å². The number of hydrogen-bond donors (Lipinski definition) is 1. The van der Waals surface area contributed by atoms with Crippen LogP contribution in [0, 0.1) is 5.92 Å². The Morgan fingerprint density at radius 3 is 2.64 bits per heavy atom.